The first-order chi connectivity index (χ1) is 14.1. The van der Waals surface area contributed by atoms with Crippen LogP contribution < -0.4 is 15.7 Å². The summed E-state index contributed by atoms with van der Waals surface area (Å²) in [6.45, 7) is 0.526. The van der Waals surface area contributed by atoms with Crippen LogP contribution in [-0.4, -0.2) is 9.66 Å². The molecule has 4 rings (SSSR count). The van der Waals surface area contributed by atoms with Gasteiger partial charge in [0, 0.05) is 5.02 Å². The summed E-state index contributed by atoms with van der Waals surface area (Å²) in [4.78, 5) is 17.7. The van der Waals surface area contributed by atoms with E-state index < -0.39 is 0 Å². The molecule has 0 radical (unpaired) electrons. The minimum atomic E-state index is -0.188. The maximum absolute atomic E-state index is 13.1. The highest BCUT2D eigenvalue weighted by Gasteiger charge is 2.12. The van der Waals surface area contributed by atoms with Gasteiger partial charge in [-0.25, -0.2) is 9.66 Å². The highest BCUT2D eigenvalue weighted by atomic mass is 35.5. The molecule has 1 heterocycles. The number of benzene rings is 3. The molecule has 29 heavy (non-hydrogen) atoms. The Hall–Kier alpha value is -3.02. The number of rotatable bonds is 6. The van der Waals surface area contributed by atoms with Crippen molar-refractivity contribution in [1.29, 1.82) is 0 Å². The monoisotopic (exact) mass is 425 g/mol. The summed E-state index contributed by atoms with van der Waals surface area (Å²) in [5.74, 6) is 0.906. The highest BCUT2D eigenvalue weighted by Crippen LogP contribution is 2.28. The van der Waals surface area contributed by atoms with Crippen LogP contribution in [0.25, 0.3) is 10.9 Å². The Morgan fingerprint density at radius 3 is 2.52 bits per heavy atom. The standard InChI is InChI=1S/C22H17Cl2N3O2/c23-16-10-11-20(18(24)12-16)29-14-21-26-19-9-5-4-8-17(19)22(28)27(21)25-13-15-6-2-1-3-7-15/h1-12,25H,13-14H2. The van der Waals surface area contributed by atoms with Crippen molar-refractivity contribution in [2.45, 2.75) is 13.2 Å². The molecule has 4 aromatic rings. The summed E-state index contributed by atoms with van der Waals surface area (Å²) in [5, 5.41) is 1.44. The molecule has 0 saturated carbocycles. The van der Waals surface area contributed by atoms with Crippen LogP contribution in [0.2, 0.25) is 10.0 Å². The van der Waals surface area contributed by atoms with Gasteiger partial charge in [0.05, 0.1) is 22.5 Å². The zero-order valence-electron chi connectivity index (χ0n) is 15.3. The molecular formula is C22H17Cl2N3O2. The lowest BCUT2D eigenvalue weighted by Crippen LogP contribution is -2.33. The third-order valence-corrected chi connectivity index (χ3v) is 4.91. The number of nitrogens with one attached hydrogen (secondary N) is 1. The number of fused-ring (bicyclic) bond motifs is 1. The highest BCUT2D eigenvalue weighted by molar-refractivity contribution is 6.35. The van der Waals surface area contributed by atoms with E-state index >= 15 is 0 Å². The average Bonchev–Trinajstić information content (AvgIpc) is 2.73. The quantitative estimate of drug-likeness (QED) is 0.470. The van der Waals surface area contributed by atoms with Crippen molar-refractivity contribution in [3.63, 3.8) is 0 Å². The van der Waals surface area contributed by atoms with Crippen LogP contribution in [-0.2, 0) is 13.2 Å². The van der Waals surface area contributed by atoms with Crippen LogP contribution in [0.1, 0.15) is 11.4 Å². The Balaban J connectivity index is 1.67. The molecule has 5 nitrogen and oxygen atoms in total. The summed E-state index contributed by atoms with van der Waals surface area (Å²) in [6.07, 6.45) is 0. The molecule has 0 bridgehead atoms. The molecule has 0 saturated heterocycles. The van der Waals surface area contributed by atoms with Gasteiger partial charge in [0.2, 0.25) is 0 Å². The summed E-state index contributed by atoms with van der Waals surface area (Å²) in [5.41, 5.74) is 4.62. The normalized spacial score (nSPS) is 10.8. The molecular weight excluding hydrogens is 409 g/mol. The Morgan fingerprint density at radius 1 is 0.966 bits per heavy atom. The van der Waals surface area contributed by atoms with Crippen LogP contribution in [0.15, 0.2) is 77.6 Å². The molecule has 0 fully saturated rings. The van der Waals surface area contributed by atoms with Crippen molar-refractivity contribution in [2.24, 2.45) is 0 Å². The Bertz CT molecular complexity index is 1210. The average molecular weight is 426 g/mol. The van der Waals surface area contributed by atoms with E-state index in [0.717, 1.165) is 5.56 Å². The summed E-state index contributed by atoms with van der Waals surface area (Å²) in [6, 6.07) is 22.0. The molecule has 0 aliphatic heterocycles. The third-order valence-electron chi connectivity index (χ3n) is 4.38. The predicted octanol–water partition coefficient (Wildman–Crippen LogP) is 5.03. The second kappa shape index (κ2) is 8.55. The van der Waals surface area contributed by atoms with E-state index in [0.29, 0.717) is 39.1 Å². The number of hydrogen-bond donors (Lipinski definition) is 1. The molecule has 0 aliphatic rings. The van der Waals surface area contributed by atoms with Crippen LogP contribution in [0.5, 0.6) is 5.75 Å². The van der Waals surface area contributed by atoms with Crippen LogP contribution >= 0.6 is 23.2 Å². The van der Waals surface area contributed by atoms with E-state index in [4.69, 9.17) is 27.9 Å². The number of halogens is 2. The van der Waals surface area contributed by atoms with E-state index in [1.54, 1.807) is 30.3 Å². The lowest BCUT2D eigenvalue weighted by atomic mass is 10.2. The van der Waals surface area contributed by atoms with Crippen LogP contribution in [0, 0.1) is 0 Å². The lowest BCUT2D eigenvalue weighted by Gasteiger charge is -2.16. The second-order valence-corrected chi connectivity index (χ2v) is 7.21. The number of ether oxygens (including phenoxy) is 1. The molecule has 0 spiro atoms. The molecule has 0 unspecified atom stereocenters. The van der Waals surface area contributed by atoms with Gasteiger partial charge in [-0.3, -0.25) is 4.79 Å². The molecule has 0 atom stereocenters. The Morgan fingerprint density at radius 2 is 1.72 bits per heavy atom. The third kappa shape index (κ3) is 4.36. The van der Waals surface area contributed by atoms with E-state index in [1.165, 1.54) is 4.68 Å². The minimum absolute atomic E-state index is 0.0587. The molecule has 146 valence electrons. The summed E-state index contributed by atoms with van der Waals surface area (Å²) >= 11 is 12.1. The van der Waals surface area contributed by atoms with Gasteiger partial charge in [-0.2, -0.15) is 0 Å². The van der Waals surface area contributed by atoms with E-state index in [-0.39, 0.29) is 12.2 Å². The molecule has 1 N–H and O–H groups in total. The molecule has 1 aromatic heterocycles. The SMILES string of the molecule is O=c1c2ccccc2nc(COc2ccc(Cl)cc2Cl)n1NCc1ccccc1. The van der Waals surface area contributed by atoms with Crippen molar-refractivity contribution < 1.29 is 4.74 Å². The smallest absolute Gasteiger partial charge is 0.280 e. The van der Waals surface area contributed by atoms with Crippen molar-refractivity contribution in [1.82, 2.24) is 9.66 Å². The Labute approximate surface area is 177 Å². The first kappa shape index (κ1) is 19.3. The van der Waals surface area contributed by atoms with E-state index in [2.05, 4.69) is 10.4 Å². The maximum Gasteiger partial charge on any atom is 0.280 e. The van der Waals surface area contributed by atoms with E-state index in [9.17, 15) is 4.79 Å². The van der Waals surface area contributed by atoms with Crippen molar-refractivity contribution in [2.75, 3.05) is 5.43 Å². The second-order valence-electron chi connectivity index (χ2n) is 6.37. The zero-order valence-corrected chi connectivity index (χ0v) is 16.8. The van der Waals surface area contributed by atoms with Gasteiger partial charge in [-0.1, -0.05) is 65.7 Å². The van der Waals surface area contributed by atoms with Gasteiger partial charge in [0.25, 0.3) is 5.56 Å². The van der Waals surface area contributed by atoms with Crippen LogP contribution in [0.3, 0.4) is 0 Å². The van der Waals surface area contributed by atoms with Crippen LogP contribution in [0.4, 0.5) is 0 Å². The minimum Gasteiger partial charge on any atom is -0.484 e. The Kier molecular flexibility index (Phi) is 5.69. The largest absolute Gasteiger partial charge is 0.484 e. The van der Waals surface area contributed by atoms with Gasteiger partial charge in [0.15, 0.2) is 5.82 Å². The molecule has 0 aliphatic carbocycles. The first-order valence-corrected chi connectivity index (χ1v) is 9.74. The predicted molar refractivity (Wildman–Crippen MR) is 116 cm³/mol. The lowest BCUT2D eigenvalue weighted by molar-refractivity contribution is 0.290. The topological polar surface area (TPSA) is 56.1 Å². The van der Waals surface area contributed by atoms with Crippen molar-refractivity contribution in [3.8, 4) is 5.75 Å². The fourth-order valence-corrected chi connectivity index (χ4v) is 3.40. The van der Waals surface area contributed by atoms with Gasteiger partial charge < -0.3 is 10.2 Å². The zero-order chi connectivity index (χ0) is 20.2. The number of para-hydroxylation sites is 1. The van der Waals surface area contributed by atoms with E-state index in [1.807, 2.05) is 42.5 Å². The fraction of sp³-hybridized carbons (Fsp3) is 0.0909. The van der Waals surface area contributed by atoms with Gasteiger partial charge in [0.1, 0.15) is 12.4 Å². The summed E-state index contributed by atoms with van der Waals surface area (Å²) < 4.78 is 7.25. The van der Waals surface area contributed by atoms with Crippen molar-refractivity contribution in [3.05, 3.63) is 105 Å². The molecule has 0 amide bonds. The number of hydrogen-bond acceptors (Lipinski definition) is 4. The molecule has 3 aromatic carbocycles. The van der Waals surface area contributed by atoms with Gasteiger partial charge in [-0.05, 0) is 35.9 Å². The van der Waals surface area contributed by atoms with Gasteiger partial charge in [-0.15, -0.1) is 0 Å². The fourth-order valence-electron chi connectivity index (χ4n) is 2.94. The van der Waals surface area contributed by atoms with Gasteiger partial charge >= 0.3 is 0 Å². The van der Waals surface area contributed by atoms with Crippen molar-refractivity contribution >= 4 is 34.1 Å². The number of aromatic nitrogens is 2. The maximum atomic E-state index is 13.1. The number of nitrogens with zero attached hydrogens (tertiary/aromatic N) is 2. The summed E-state index contributed by atoms with van der Waals surface area (Å²) in [7, 11) is 0. The first-order valence-electron chi connectivity index (χ1n) is 8.98. The molecule has 7 heteroatoms.